The molecule has 0 radical (unpaired) electrons. The van der Waals surface area contributed by atoms with Crippen LogP contribution in [0.3, 0.4) is 0 Å². The molecule has 5 heteroatoms. The van der Waals surface area contributed by atoms with Crippen molar-refractivity contribution >= 4 is 21.8 Å². The Morgan fingerprint density at radius 3 is 3.00 bits per heavy atom. The first-order valence-corrected chi connectivity index (χ1v) is 7.86. The highest BCUT2D eigenvalue weighted by Crippen LogP contribution is 2.22. The van der Waals surface area contributed by atoms with Gasteiger partial charge in [0.2, 0.25) is 0 Å². The Balaban J connectivity index is 2.10. The van der Waals surface area contributed by atoms with Crippen LogP contribution in [0.15, 0.2) is 22.7 Å². The summed E-state index contributed by atoms with van der Waals surface area (Å²) in [5.41, 5.74) is 0.399. The molecule has 0 saturated carbocycles. The highest BCUT2D eigenvalue weighted by atomic mass is 79.9. The zero-order valence-corrected chi connectivity index (χ0v) is 13.2. The van der Waals surface area contributed by atoms with E-state index in [-0.39, 0.29) is 10.4 Å². The Morgan fingerprint density at radius 2 is 2.35 bits per heavy atom. The summed E-state index contributed by atoms with van der Waals surface area (Å²) in [6, 6.07) is 4.59. The summed E-state index contributed by atoms with van der Waals surface area (Å²) in [6.07, 6.45) is 2.29. The molecule has 1 aliphatic rings. The molecule has 1 fully saturated rings. The molecule has 1 saturated heterocycles. The van der Waals surface area contributed by atoms with Crippen LogP contribution in [0.4, 0.5) is 4.39 Å². The Bertz CT molecular complexity index is 475. The van der Waals surface area contributed by atoms with Crippen molar-refractivity contribution in [3.63, 3.8) is 0 Å². The van der Waals surface area contributed by atoms with Gasteiger partial charge in [-0.15, -0.1) is 0 Å². The molecule has 0 aliphatic carbocycles. The van der Waals surface area contributed by atoms with Crippen molar-refractivity contribution in [3.05, 3.63) is 34.1 Å². The van der Waals surface area contributed by atoms with Crippen LogP contribution in [0.5, 0.6) is 0 Å². The molecule has 1 aromatic carbocycles. The Hall–Kier alpha value is -0.940. The summed E-state index contributed by atoms with van der Waals surface area (Å²) in [6.45, 7) is 5.34. The summed E-state index contributed by atoms with van der Waals surface area (Å²) < 4.78 is 13.8. The highest BCUT2D eigenvalue weighted by Gasteiger charge is 2.22. The molecule has 0 spiro atoms. The normalized spacial score (nSPS) is 18.9. The van der Waals surface area contributed by atoms with Gasteiger partial charge in [-0.2, -0.15) is 0 Å². The van der Waals surface area contributed by atoms with Crippen molar-refractivity contribution in [2.24, 2.45) is 5.92 Å². The molecule has 110 valence electrons. The third-order valence-electron chi connectivity index (χ3n) is 3.73. The summed E-state index contributed by atoms with van der Waals surface area (Å²) >= 11 is 3.17. The van der Waals surface area contributed by atoms with Crippen molar-refractivity contribution in [1.29, 1.82) is 0 Å². The molecule has 1 heterocycles. The van der Waals surface area contributed by atoms with Crippen LogP contribution < -0.4 is 5.32 Å². The maximum atomic E-state index is 13.5. The largest absolute Gasteiger partial charge is 0.339 e. The molecular formula is C15H20BrFN2O. The van der Waals surface area contributed by atoms with Crippen LogP contribution in [0.1, 0.15) is 30.1 Å². The second-order valence-electron chi connectivity index (χ2n) is 5.16. The Labute approximate surface area is 127 Å². The smallest absolute Gasteiger partial charge is 0.255 e. The average Bonchev–Trinajstić information content (AvgIpc) is 2.48. The number of benzene rings is 1. The van der Waals surface area contributed by atoms with E-state index in [1.807, 2.05) is 6.92 Å². The second kappa shape index (κ2) is 7.18. The quantitative estimate of drug-likeness (QED) is 0.911. The van der Waals surface area contributed by atoms with E-state index in [0.717, 1.165) is 32.5 Å². The molecule has 20 heavy (non-hydrogen) atoms. The molecule has 1 aromatic rings. The van der Waals surface area contributed by atoms with Gasteiger partial charge in [0, 0.05) is 13.1 Å². The van der Waals surface area contributed by atoms with Crippen LogP contribution >= 0.6 is 15.9 Å². The summed E-state index contributed by atoms with van der Waals surface area (Å²) in [5.74, 6) is -0.0179. The molecule has 2 rings (SSSR count). The number of amides is 1. The van der Waals surface area contributed by atoms with Gasteiger partial charge in [-0.1, -0.05) is 6.07 Å². The predicted octanol–water partition coefficient (Wildman–Crippen LogP) is 3.05. The van der Waals surface area contributed by atoms with Crippen molar-refractivity contribution in [2.75, 3.05) is 26.2 Å². The molecule has 0 bridgehead atoms. The van der Waals surface area contributed by atoms with E-state index in [4.69, 9.17) is 0 Å². The minimum atomic E-state index is -0.397. The summed E-state index contributed by atoms with van der Waals surface area (Å²) in [5, 5.41) is 3.36. The Morgan fingerprint density at radius 1 is 1.55 bits per heavy atom. The van der Waals surface area contributed by atoms with Crippen LogP contribution in [-0.4, -0.2) is 37.0 Å². The molecule has 1 N–H and O–H groups in total. The van der Waals surface area contributed by atoms with Crippen molar-refractivity contribution in [2.45, 2.75) is 19.8 Å². The number of carbonyl (C=O) groups excluding carboxylic acids is 1. The van der Waals surface area contributed by atoms with Crippen molar-refractivity contribution in [3.8, 4) is 0 Å². The number of hydrogen-bond donors (Lipinski definition) is 1. The number of nitrogens with one attached hydrogen (secondary N) is 1. The van der Waals surface area contributed by atoms with Gasteiger partial charge in [0.25, 0.3) is 5.91 Å². The van der Waals surface area contributed by atoms with Gasteiger partial charge in [-0.05, 0) is 66.8 Å². The maximum Gasteiger partial charge on any atom is 0.255 e. The fourth-order valence-electron chi connectivity index (χ4n) is 2.59. The van der Waals surface area contributed by atoms with Crippen LogP contribution in [0.25, 0.3) is 0 Å². The minimum Gasteiger partial charge on any atom is -0.339 e. The number of nitrogens with zero attached hydrogens (tertiary/aromatic N) is 1. The lowest BCUT2D eigenvalue weighted by Crippen LogP contribution is -2.41. The van der Waals surface area contributed by atoms with E-state index < -0.39 is 5.82 Å². The van der Waals surface area contributed by atoms with E-state index in [1.54, 1.807) is 17.0 Å². The molecule has 3 nitrogen and oxygen atoms in total. The molecule has 1 unspecified atom stereocenters. The lowest BCUT2D eigenvalue weighted by molar-refractivity contribution is 0.0727. The standard InChI is InChI=1S/C15H20BrFN2O/c1-2-19(10-11-5-4-8-18-9-11)15(20)12-6-3-7-13(17)14(12)16/h3,6-7,11,18H,2,4-5,8-10H2,1H3. The van der Waals surface area contributed by atoms with Crippen molar-refractivity contribution in [1.82, 2.24) is 10.2 Å². The monoisotopic (exact) mass is 342 g/mol. The van der Waals surface area contributed by atoms with E-state index in [0.29, 0.717) is 18.0 Å². The van der Waals surface area contributed by atoms with Crippen LogP contribution in [0.2, 0.25) is 0 Å². The average molecular weight is 343 g/mol. The first-order chi connectivity index (χ1) is 9.63. The number of halogens is 2. The van der Waals surface area contributed by atoms with Gasteiger partial charge in [0.05, 0.1) is 10.0 Å². The minimum absolute atomic E-state index is 0.107. The topological polar surface area (TPSA) is 32.3 Å². The van der Waals surface area contributed by atoms with Gasteiger partial charge >= 0.3 is 0 Å². The number of rotatable bonds is 4. The molecule has 1 aliphatic heterocycles. The second-order valence-corrected chi connectivity index (χ2v) is 5.95. The number of piperidine rings is 1. The molecule has 1 atom stereocenters. The van der Waals surface area contributed by atoms with Gasteiger partial charge < -0.3 is 10.2 Å². The zero-order chi connectivity index (χ0) is 14.5. The predicted molar refractivity (Wildman–Crippen MR) is 81.3 cm³/mol. The molecule has 1 amide bonds. The lowest BCUT2D eigenvalue weighted by atomic mass is 9.98. The van der Waals surface area contributed by atoms with E-state index in [1.165, 1.54) is 6.07 Å². The number of carbonyl (C=O) groups is 1. The number of hydrogen-bond acceptors (Lipinski definition) is 2. The van der Waals surface area contributed by atoms with E-state index in [2.05, 4.69) is 21.2 Å². The zero-order valence-electron chi connectivity index (χ0n) is 11.7. The van der Waals surface area contributed by atoms with Crippen LogP contribution in [-0.2, 0) is 0 Å². The molecule has 0 aromatic heterocycles. The lowest BCUT2D eigenvalue weighted by Gasteiger charge is -2.29. The van der Waals surface area contributed by atoms with Crippen LogP contribution in [0, 0.1) is 11.7 Å². The first-order valence-electron chi connectivity index (χ1n) is 7.07. The summed E-state index contributed by atoms with van der Waals surface area (Å²) in [7, 11) is 0. The summed E-state index contributed by atoms with van der Waals surface area (Å²) in [4.78, 5) is 14.3. The Kier molecular flexibility index (Phi) is 5.54. The van der Waals surface area contributed by atoms with E-state index >= 15 is 0 Å². The van der Waals surface area contributed by atoms with Gasteiger partial charge in [-0.3, -0.25) is 4.79 Å². The van der Waals surface area contributed by atoms with Crippen molar-refractivity contribution < 1.29 is 9.18 Å². The molecular weight excluding hydrogens is 323 g/mol. The first kappa shape index (κ1) is 15.4. The third kappa shape index (κ3) is 3.58. The van der Waals surface area contributed by atoms with Gasteiger partial charge in [0.1, 0.15) is 5.82 Å². The fraction of sp³-hybridized carbons (Fsp3) is 0.533. The van der Waals surface area contributed by atoms with Gasteiger partial charge in [0.15, 0.2) is 0 Å². The van der Waals surface area contributed by atoms with Gasteiger partial charge in [-0.25, -0.2) is 4.39 Å². The fourth-order valence-corrected chi connectivity index (χ4v) is 3.02. The highest BCUT2D eigenvalue weighted by molar-refractivity contribution is 9.10. The third-order valence-corrected chi connectivity index (χ3v) is 4.53. The SMILES string of the molecule is CCN(CC1CCCNC1)C(=O)c1cccc(F)c1Br. The van der Waals surface area contributed by atoms with E-state index in [9.17, 15) is 9.18 Å². The maximum absolute atomic E-state index is 13.5.